The largest absolute Gasteiger partial charge is 0.378 e. The van der Waals surface area contributed by atoms with Crippen molar-refractivity contribution in [3.63, 3.8) is 0 Å². The van der Waals surface area contributed by atoms with Crippen LogP contribution in [0.25, 0.3) is 0 Å². The maximum absolute atomic E-state index is 3.60. The Bertz CT molecular complexity index is 575. The van der Waals surface area contributed by atoms with Crippen molar-refractivity contribution in [1.29, 1.82) is 0 Å². The summed E-state index contributed by atoms with van der Waals surface area (Å²) in [6.45, 7) is 6.58. The predicted molar refractivity (Wildman–Crippen MR) is 96.0 cm³/mol. The molecule has 1 atom stereocenters. The summed E-state index contributed by atoms with van der Waals surface area (Å²) in [5.41, 5.74) is 5.21. The van der Waals surface area contributed by atoms with Crippen molar-refractivity contribution in [2.24, 2.45) is 0 Å². The second kappa shape index (κ2) is 7.65. The second-order valence-electron chi connectivity index (χ2n) is 5.62. The molecule has 2 aromatic rings. The first kappa shape index (κ1) is 16.1. The van der Waals surface area contributed by atoms with Gasteiger partial charge in [0, 0.05) is 16.2 Å². The van der Waals surface area contributed by atoms with Crippen molar-refractivity contribution in [2.45, 2.75) is 46.1 Å². The molecule has 0 aromatic heterocycles. The number of nitrogens with one attached hydrogen (secondary N) is 1. The Morgan fingerprint density at radius 3 is 2.48 bits per heavy atom. The first-order valence-corrected chi connectivity index (χ1v) is 8.51. The molecule has 0 saturated carbocycles. The molecule has 21 heavy (non-hydrogen) atoms. The summed E-state index contributed by atoms with van der Waals surface area (Å²) in [4.78, 5) is 0. The lowest BCUT2D eigenvalue weighted by molar-refractivity contribution is 0.793. The van der Waals surface area contributed by atoms with E-state index in [-0.39, 0.29) is 0 Å². The van der Waals surface area contributed by atoms with Crippen LogP contribution in [-0.4, -0.2) is 0 Å². The molecule has 0 aliphatic heterocycles. The van der Waals surface area contributed by atoms with Crippen LogP contribution >= 0.6 is 15.9 Å². The average Bonchev–Trinajstić information content (AvgIpc) is 2.50. The summed E-state index contributed by atoms with van der Waals surface area (Å²) < 4.78 is 1.15. The van der Waals surface area contributed by atoms with Crippen LogP contribution in [0.15, 0.2) is 46.9 Å². The number of rotatable bonds is 6. The van der Waals surface area contributed by atoms with E-state index in [1.807, 2.05) is 0 Å². The number of hydrogen-bond acceptors (Lipinski definition) is 1. The van der Waals surface area contributed by atoms with Gasteiger partial charge in [-0.15, -0.1) is 0 Å². The molecule has 0 aliphatic carbocycles. The van der Waals surface area contributed by atoms with Gasteiger partial charge in [0.05, 0.1) is 0 Å². The van der Waals surface area contributed by atoms with Crippen molar-refractivity contribution in [1.82, 2.24) is 0 Å². The zero-order valence-corrected chi connectivity index (χ0v) is 14.7. The van der Waals surface area contributed by atoms with Crippen molar-refractivity contribution in [3.8, 4) is 0 Å². The van der Waals surface area contributed by atoms with Crippen molar-refractivity contribution < 1.29 is 0 Å². The van der Waals surface area contributed by atoms with E-state index in [9.17, 15) is 0 Å². The van der Waals surface area contributed by atoms with Gasteiger partial charge in [-0.3, -0.25) is 0 Å². The van der Waals surface area contributed by atoms with Gasteiger partial charge >= 0.3 is 0 Å². The molecule has 1 unspecified atom stereocenters. The second-order valence-corrected chi connectivity index (χ2v) is 6.48. The third-order valence-corrected chi connectivity index (χ3v) is 4.80. The van der Waals surface area contributed by atoms with E-state index in [1.54, 1.807) is 0 Å². The molecular weight excluding hydrogens is 322 g/mol. The molecule has 0 radical (unpaired) electrons. The Balaban J connectivity index is 2.06. The van der Waals surface area contributed by atoms with Gasteiger partial charge < -0.3 is 5.32 Å². The number of benzene rings is 2. The molecule has 0 bridgehead atoms. The lowest BCUT2D eigenvalue weighted by atomic mass is 10.0. The standard InChI is InChI=1S/C19H24BrN/c1-4-5-7-16-10-12-17(13-11-16)15(3)21-19-9-6-8-18(20)14(19)2/h6,8-13,15,21H,4-5,7H2,1-3H3. The molecule has 2 rings (SSSR count). The van der Waals surface area contributed by atoms with Crippen LogP contribution in [-0.2, 0) is 6.42 Å². The van der Waals surface area contributed by atoms with Crippen LogP contribution in [0, 0.1) is 6.92 Å². The Labute approximate surface area is 136 Å². The normalized spacial score (nSPS) is 12.2. The number of hydrogen-bond donors (Lipinski definition) is 1. The van der Waals surface area contributed by atoms with E-state index in [0.29, 0.717) is 6.04 Å². The van der Waals surface area contributed by atoms with Crippen LogP contribution in [0.1, 0.15) is 49.4 Å². The molecule has 2 heteroatoms. The van der Waals surface area contributed by atoms with Gasteiger partial charge in [0.2, 0.25) is 0 Å². The molecule has 1 nitrogen and oxygen atoms in total. The molecular formula is C19H24BrN. The lowest BCUT2D eigenvalue weighted by Crippen LogP contribution is -2.07. The highest BCUT2D eigenvalue weighted by Crippen LogP contribution is 2.27. The van der Waals surface area contributed by atoms with E-state index >= 15 is 0 Å². The van der Waals surface area contributed by atoms with Crippen molar-refractivity contribution in [2.75, 3.05) is 5.32 Å². The molecule has 2 aromatic carbocycles. The maximum Gasteiger partial charge on any atom is 0.0485 e. The van der Waals surface area contributed by atoms with E-state index in [4.69, 9.17) is 0 Å². The number of halogens is 1. The minimum Gasteiger partial charge on any atom is -0.378 e. The first-order chi connectivity index (χ1) is 10.1. The van der Waals surface area contributed by atoms with Gasteiger partial charge in [-0.2, -0.15) is 0 Å². The molecule has 112 valence electrons. The minimum atomic E-state index is 0.304. The zero-order valence-electron chi connectivity index (χ0n) is 13.1. The molecule has 0 amide bonds. The number of unbranched alkanes of at least 4 members (excludes halogenated alkanes) is 1. The van der Waals surface area contributed by atoms with Crippen molar-refractivity contribution in [3.05, 3.63) is 63.6 Å². The Hall–Kier alpha value is -1.28. The summed E-state index contributed by atoms with van der Waals surface area (Å²) in [5, 5.41) is 3.60. The van der Waals surface area contributed by atoms with Crippen LogP contribution in [0.3, 0.4) is 0 Å². The van der Waals surface area contributed by atoms with Gasteiger partial charge in [0.25, 0.3) is 0 Å². The van der Waals surface area contributed by atoms with E-state index in [2.05, 4.69) is 84.5 Å². The molecule has 0 heterocycles. The SMILES string of the molecule is CCCCc1ccc(C(C)Nc2cccc(Br)c2C)cc1. The van der Waals surface area contributed by atoms with E-state index in [0.717, 1.165) is 4.47 Å². The summed E-state index contributed by atoms with van der Waals surface area (Å²) in [7, 11) is 0. The van der Waals surface area contributed by atoms with E-state index in [1.165, 1.54) is 41.6 Å². The van der Waals surface area contributed by atoms with Gasteiger partial charge in [0.15, 0.2) is 0 Å². The van der Waals surface area contributed by atoms with Crippen LogP contribution in [0.2, 0.25) is 0 Å². The minimum absolute atomic E-state index is 0.304. The summed E-state index contributed by atoms with van der Waals surface area (Å²) in [6.07, 6.45) is 3.70. The Morgan fingerprint density at radius 1 is 1.10 bits per heavy atom. The van der Waals surface area contributed by atoms with Gasteiger partial charge in [-0.05, 0) is 55.5 Å². The fraction of sp³-hybridized carbons (Fsp3) is 0.368. The monoisotopic (exact) mass is 345 g/mol. The van der Waals surface area contributed by atoms with Crippen LogP contribution in [0.4, 0.5) is 5.69 Å². The third-order valence-electron chi connectivity index (χ3n) is 3.94. The molecule has 0 spiro atoms. The Kier molecular flexibility index (Phi) is 5.86. The number of anilines is 1. The fourth-order valence-electron chi connectivity index (χ4n) is 2.43. The van der Waals surface area contributed by atoms with Gasteiger partial charge in [0.1, 0.15) is 0 Å². The smallest absolute Gasteiger partial charge is 0.0485 e. The lowest BCUT2D eigenvalue weighted by Gasteiger charge is -2.18. The molecule has 0 saturated heterocycles. The van der Waals surface area contributed by atoms with Crippen LogP contribution < -0.4 is 5.32 Å². The topological polar surface area (TPSA) is 12.0 Å². The maximum atomic E-state index is 3.60. The highest BCUT2D eigenvalue weighted by Gasteiger charge is 2.08. The number of aryl methyl sites for hydroxylation is 1. The molecule has 0 aliphatic rings. The van der Waals surface area contributed by atoms with Crippen LogP contribution in [0.5, 0.6) is 0 Å². The highest BCUT2D eigenvalue weighted by molar-refractivity contribution is 9.10. The predicted octanol–water partition coefficient (Wildman–Crippen LogP) is 6.27. The quantitative estimate of drug-likeness (QED) is 0.650. The van der Waals surface area contributed by atoms with Crippen molar-refractivity contribution >= 4 is 21.6 Å². The fourth-order valence-corrected chi connectivity index (χ4v) is 2.80. The van der Waals surface area contributed by atoms with Gasteiger partial charge in [-0.25, -0.2) is 0 Å². The average molecular weight is 346 g/mol. The highest BCUT2D eigenvalue weighted by atomic mass is 79.9. The zero-order chi connectivity index (χ0) is 15.2. The summed E-state index contributed by atoms with van der Waals surface area (Å²) >= 11 is 3.59. The van der Waals surface area contributed by atoms with Gasteiger partial charge in [-0.1, -0.05) is 59.6 Å². The summed E-state index contributed by atoms with van der Waals surface area (Å²) in [6, 6.07) is 15.6. The first-order valence-electron chi connectivity index (χ1n) is 7.72. The summed E-state index contributed by atoms with van der Waals surface area (Å²) in [5.74, 6) is 0. The molecule has 1 N–H and O–H groups in total. The van der Waals surface area contributed by atoms with E-state index < -0.39 is 0 Å². The third kappa shape index (κ3) is 4.34. The Morgan fingerprint density at radius 2 is 1.81 bits per heavy atom. The molecule has 0 fully saturated rings.